The number of nitrogens with zero attached hydrogens (tertiary/aromatic N) is 1. The third-order valence-electron chi connectivity index (χ3n) is 2.96. The minimum absolute atomic E-state index is 0.0323. The zero-order valence-electron chi connectivity index (χ0n) is 8.89. The van der Waals surface area contributed by atoms with Crippen LogP contribution in [0.2, 0.25) is 0 Å². The summed E-state index contributed by atoms with van der Waals surface area (Å²) in [4.78, 5) is 4.07. The van der Waals surface area contributed by atoms with Gasteiger partial charge in [-0.2, -0.15) is 0 Å². The summed E-state index contributed by atoms with van der Waals surface area (Å²) in [5.41, 5.74) is 1.28. The minimum atomic E-state index is -0.0323. The van der Waals surface area contributed by atoms with Crippen molar-refractivity contribution in [1.82, 2.24) is 10.3 Å². The Hall–Kier alpha value is -0.930. The van der Waals surface area contributed by atoms with Gasteiger partial charge < -0.3 is 10.4 Å². The molecule has 1 aromatic rings. The molecule has 0 radical (unpaired) electrons. The maximum Gasteiger partial charge on any atom is 0.0546 e. The third-order valence-corrected chi connectivity index (χ3v) is 2.96. The highest BCUT2D eigenvalue weighted by atomic mass is 16.3. The van der Waals surface area contributed by atoms with Gasteiger partial charge in [-0.1, -0.05) is 6.07 Å². The van der Waals surface area contributed by atoms with Gasteiger partial charge in [-0.3, -0.25) is 4.98 Å². The molecule has 0 aliphatic heterocycles. The van der Waals surface area contributed by atoms with Crippen LogP contribution >= 0.6 is 0 Å². The summed E-state index contributed by atoms with van der Waals surface area (Å²) in [6.07, 6.45) is 6.65. The molecule has 1 aliphatic carbocycles. The molecule has 1 aliphatic rings. The van der Waals surface area contributed by atoms with Crippen LogP contribution in [0, 0.1) is 5.92 Å². The zero-order chi connectivity index (χ0) is 10.5. The molecule has 0 bridgehead atoms. The molecule has 2 N–H and O–H groups in total. The summed E-state index contributed by atoms with van der Waals surface area (Å²) >= 11 is 0. The first-order chi connectivity index (χ1) is 7.34. The molecule has 3 nitrogen and oxygen atoms in total. The van der Waals surface area contributed by atoms with Gasteiger partial charge in [0.1, 0.15) is 0 Å². The molecule has 1 fully saturated rings. The molecule has 3 heteroatoms. The molecule has 0 amide bonds. The van der Waals surface area contributed by atoms with E-state index >= 15 is 0 Å². The van der Waals surface area contributed by atoms with E-state index < -0.39 is 0 Å². The predicted molar refractivity (Wildman–Crippen MR) is 59.5 cm³/mol. The maximum absolute atomic E-state index is 9.12. The molecule has 15 heavy (non-hydrogen) atoms. The molecule has 1 aromatic heterocycles. The Kier molecular flexibility index (Phi) is 3.69. The fourth-order valence-corrected chi connectivity index (χ4v) is 1.95. The van der Waals surface area contributed by atoms with Gasteiger partial charge in [0.2, 0.25) is 0 Å². The monoisotopic (exact) mass is 206 g/mol. The van der Waals surface area contributed by atoms with E-state index in [1.54, 1.807) is 6.20 Å². The molecule has 82 valence electrons. The second kappa shape index (κ2) is 5.24. The van der Waals surface area contributed by atoms with E-state index in [4.69, 9.17) is 5.11 Å². The summed E-state index contributed by atoms with van der Waals surface area (Å²) in [7, 11) is 0. The van der Waals surface area contributed by atoms with Crippen molar-refractivity contribution in [3.8, 4) is 0 Å². The average molecular weight is 206 g/mol. The first-order valence-electron chi connectivity index (χ1n) is 5.62. The molecule has 0 spiro atoms. The van der Waals surface area contributed by atoms with Crippen LogP contribution in [0.4, 0.5) is 0 Å². The van der Waals surface area contributed by atoms with Crippen molar-refractivity contribution in [2.45, 2.75) is 25.4 Å². The Bertz CT molecular complexity index is 283. The lowest BCUT2D eigenvalue weighted by molar-refractivity contribution is 0.0432. The molecular weight excluding hydrogens is 188 g/mol. The van der Waals surface area contributed by atoms with Gasteiger partial charge in [0.05, 0.1) is 6.10 Å². The Labute approximate surface area is 90.5 Å². The second-order valence-electron chi connectivity index (χ2n) is 4.31. The Morgan fingerprint density at radius 2 is 2.33 bits per heavy atom. The zero-order valence-corrected chi connectivity index (χ0v) is 8.89. The summed E-state index contributed by atoms with van der Waals surface area (Å²) in [6.45, 7) is 2.04. The molecule has 2 rings (SSSR count). The van der Waals surface area contributed by atoms with Gasteiger partial charge >= 0.3 is 0 Å². The van der Waals surface area contributed by atoms with Crippen molar-refractivity contribution >= 4 is 0 Å². The number of aliphatic hydroxyl groups is 1. The first-order valence-corrected chi connectivity index (χ1v) is 5.62. The van der Waals surface area contributed by atoms with Crippen LogP contribution in [-0.2, 0) is 6.42 Å². The van der Waals surface area contributed by atoms with Crippen LogP contribution in [0.5, 0.6) is 0 Å². The summed E-state index contributed by atoms with van der Waals surface area (Å²) in [5.74, 6) is 0.689. The van der Waals surface area contributed by atoms with Crippen LogP contribution in [0.1, 0.15) is 18.4 Å². The molecule has 0 unspecified atom stereocenters. The van der Waals surface area contributed by atoms with Crippen LogP contribution in [0.3, 0.4) is 0 Å². The molecule has 0 atom stereocenters. The molecular formula is C12H18N2O. The summed E-state index contributed by atoms with van der Waals surface area (Å²) < 4.78 is 0. The number of hydrogen-bond donors (Lipinski definition) is 2. The fourth-order valence-electron chi connectivity index (χ4n) is 1.95. The van der Waals surface area contributed by atoms with Crippen molar-refractivity contribution < 1.29 is 5.11 Å². The highest BCUT2D eigenvalue weighted by Gasteiger charge is 2.26. The van der Waals surface area contributed by atoms with E-state index in [-0.39, 0.29) is 6.10 Å². The lowest BCUT2D eigenvalue weighted by Gasteiger charge is -2.31. The Balaban J connectivity index is 1.56. The summed E-state index contributed by atoms with van der Waals surface area (Å²) in [6, 6.07) is 4.07. The minimum Gasteiger partial charge on any atom is -0.393 e. The number of pyridine rings is 1. The van der Waals surface area contributed by atoms with E-state index in [1.165, 1.54) is 5.56 Å². The van der Waals surface area contributed by atoms with E-state index in [2.05, 4.69) is 16.4 Å². The lowest BCUT2D eigenvalue weighted by atomic mass is 9.82. The molecule has 0 saturated heterocycles. The smallest absolute Gasteiger partial charge is 0.0546 e. The lowest BCUT2D eigenvalue weighted by Crippen LogP contribution is -2.36. The molecule has 1 heterocycles. The third kappa shape index (κ3) is 3.29. The van der Waals surface area contributed by atoms with Crippen LogP contribution in [0.25, 0.3) is 0 Å². The van der Waals surface area contributed by atoms with E-state index in [9.17, 15) is 0 Å². The maximum atomic E-state index is 9.12. The fraction of sp³-hybridized carbons (Fsp3) is 0.583. The van der Waals surface area contributed by atoms with Crippen molar-refractivity contribution in [3.63, 3.8) is 0 Å². The highest BCUT2D eigenvalue weighted by Crippen LogP contribution is 2.25. The molecule has 0 aromatic carbocycles. The van der Waals surface area contributed by atoms with Crippen molar-refractivity contribution in [2.24, 2.45) is 5.92 Å². The van der Waals surface area contributed by atoms with E-state index in [0.29, 0.717) is 5.92 Å². The van der Waals surface area contributed by atoms with Crippen molar-refractivity contribution in [2.75, 3.05) is 13.1 Å². The molecule has 1 saturated carbocycles. The van der Waals surface area contributed by atoms with Crippen LogP contribution in [0.15, 0.2) is 24.5 Å². The van der Waals surface area contributed by atoms with Crippen LogP contribution in [-0.4, -0.2) is 29.3 Å². The predicted octanol–water partition coefficient (Wildman–Crippen LogP) is 0.985. The number of nitrogens with one attached hydrogen (secondary N) is 1. The number of aromatic nitrogens is 1. The largest absolute Gasteiger partial charge is 0.393 e. The quantitative estimate of drug-likeness (QED) is 0.706. The SMILES string of the molecule is OC1CC(CNCCc2cccnc2)C1. The van der Waals surface area contributed by atoms with Gasteiger partial charge in [0.15, 0.2) is 0 Å². The van der Waals surface area contributed by atoms with Gasteiger partial charge in [-0.15, -0.1) is 0 Å². The van der Waals surface area contributed by atoms with E-state index in [1.807, 2.05) is 12.3 Å². The standard InChI is InChI=1S/C12H18N2O/c15-12-6-11(7-12)9-14-5-3-10-2-1-4-13-8-10/h1-2,4,8,11-12,14-15H,3,5-7,9H2. The number of aliphatic hydroxyl groups excluding tert-OH is 1. The average Bonchev–Trinajstić information content (AvgIpc) is 2.23. The topological polar surface area (TPSA) is 45.1 Å². The van der Waals surface area contributed by atoms with Crippen molar-refractivity contribution in [3.05, 3.63) is 30.1 Å². The highest BCUT2D eigenvalue weighted by molar-refractivity contribution is 5.08. The van der Waals surface area contributed by atoms with Crippen molar-refractivity contribution in [1.29, 1.82) is 0 Å². The van der Waals surface area contributed by atoms with Gasteiger partial charge in [0.25, 0.3) is 0 Å². The first kappa shape index (κ1) is 10.6. The van der Waals surface area contributed by atoms with Gasteiger partial charge in [-0.25, -0.2) is 0 Å². The normalized spacial score (nSPS) is 24.9. The second-order valence-corrected chi connectivity index (χ2v) is 4.31. The van der Waals surface area contributed by atoms with Gasteiger partial charge in [0, 0.05) is 12.4 Å². The summed E-state index contributed by atoms with van der Waals surface area (Å²) in [5, 5.41) is 12.5. The number of rotatable bonds is 5. The van der Waals surface area contributed by atoms with Gasteiger partial charge in [-0.05, 0) is 49.9 Å². The van der Waals surface area contributed by atoms with Crippen LogP contribution < -0.4 is 5.32 Å². The Morgan fingerprint density at radius 1 is 1.47 bits per heavy atom. The Morgan fingerprint density at radius 3 is 3.00 bits per heavy atom. The number of hydrogen-bond acceptors (Lipinski definition) is 3. The van der Waals surface area contributed by atoms with E-state index in [0.717, 1.165) is 32.4 Å².